The van der Waals surface area contributed by atoms with Gasteiger partial charge in [-0.2, -0.15) is 0 Å². The minimum Gasteiger partial charge on any atom is -0.363 e. The summed E-state index contributed by atoms with van der Waals surface area (Å²) >= 11 is 0. The van der Waals surface area contributed by atoms with Crippen molar-refractivity contribution < 1.29 is 19.7 Å². The van der Waals surface area contributed by atoms with Crippen LogP contribution >= 0.6 is 0 Å². The van der Waals surface area contributed by atoms with Crippen LogP contribution in [0.5, 0.6) is 0 Å². The summed E-state index contributed by atoms with van der Waals surface area (Å²) in [5, 5.41) is 20.8. The smallest absolute Gasteiger partial charge is 0.192 e. The summed E-state index contributed by atoms with van der Waals surface area (Å²) in [6, 6.07) is 0. The van der Waals surface area contributed by atoms with Crippen LogP contribution in [0.4, 0.5) is 0 Å². The summed E-state index contributed by atoms with van der Waals surface area (Å²) in [5.74, 6) is -2.29. The Morgan fingerprint density at radius 1 is 0.750 bits per heavy atom. The third-order valence-electron chi connectivity index (χ3n) is 4.20. The molecule has 0 aromatic carbocycles. The maximum Gasteiger partial charge on any atom is 0.192 e. The summed E-state index contributed by atoms with van der Waals surface area (Å²) < 4.78 is 11.5. The van der Waals surface area contributed by atoms with Crippen LogP contribution in [0.15, 0.2) is 0 Å². The monoisotopic (exact) mass is 228 g/mol. The summed E-state index contributed by atoms with van der Waals surface area (Å²) in [5.41, 5.74) is 0. The number of fused-ring (bicyclic) bond motifs is 2. The third kappa shape index (κ3) is 1.59. The van der Waals surface area contributed by atoms with Gasteiger partial charge in [-0.15, -0.1) is 0 Å². The molecule has 0 aromatic heterocycles. The van der Waals surface area contributed by atoms with Gasteiger partial charge in [0, 0.05) is 12.8 Å². The van der Waals surface area contributed by atoms with Crippen molar-refractivity contribution >= 4 is 0 Å². The lowest BCUT2D eigenvalue weighted by Gasteiger charge is -2.54. The molecule has 4 atom stereocenters. The van der Waals surface area contributed by atoms with Gasteiger partial charge in [-0.25, -0.2) is 0 Å². The molecule has 92 valence electrons. The van der Waals surface area contributed by atoms with Crippen molar-refractivity contribution in [2.45, 2.75) is 75.1 Å². The molecule has 0 bridgehead atoms. The second kappa shape index (κ2) is 3.67. The molecule has 2 aliphatic carbocycles. The minimum atomic E-state index is -1.15. The maximum atomic E-state index is 10.4. The van der Waals surface area contributed by atoms with Crippen molar-refractivity contribution in [1.82, 2.24) is 0 Å². The molecular formula is C12H20O4. The molecule has 4 heteroatoms. The van der Waals surface area contributed by atoms with E-state index in [1.807, 2.05) is 0 Å². The summed E-state index contributed by atoms with van der Waals surface area (Å²) in [4.78, 5) is 0. The number of hydrogen-bond acceptors (Lipinski definition) is 4. The van der Waals surface area contributed by atoms with Gasteiger partial charge >= 0.3 is 0 Å². The average molecular weight is 228 g/mol. The molecule has 1 saturated heterocycles. The van der Waals surface area contributed by atoms with Gasteiger partial charge in [0.15, 0.2) is 11.6 Å². The molecule has 3 aliphatic rings. The molecule has 0 spiro atoms. The SMILES string of the molecule is O[C@]12CCCC[C@@H]1O[C@@]1(O)CCCC[C@@H]1O2. The zero-order chi connectivity index (χ0) is 11.2. The highest BCUT2D eigenvalue weighted by Crippen LogP contribution is 2.45. The van der Waals surface area contributed by atoms with E-state index in [2.05, 4.69) is 0 Å². The van der Waals surface area contributed by atoms with Crippen LogP contribution in [0.2, 0.25) is 0 Å². The van der Waals surface area contributed by atoms with E-state index in [0.717, 1.165) is 38.5 Å². The molecule has 1 heterocycles. The third-order valence-corrected chi connectivity index (χ3v) is 4.20. The summed E-state index contributed by atoms with van der Waals surface area (Å²) in [6.07, 6.45) is 6.16. The molecule has 0 amide bonds. The standard InChI is InChI=1S/C12H20O4/c13-11-7-3-1-5-9(11)15-12(14)8-4-2-6-10(12)16-11/h9-10,13-14H,1-8H2/t9-,10-,11-,12-/m0/s1. The quantitative estimate of drug-likeness (QED) is 0.656. The average Bonchev–Trinajstić information content (AvgIpc) is 2.25. The van der Waals surface area contributed by atoms with Gasteiger partial charge in [0.1, 0.15) is 12.2 Å². The van der Waals surface area contributed by atoms with Crippen LogP contribution in [-0.4, -0.2) is 34.0 Å². The van der Waals surface area contributed by atoms with Crippen LogP contribution in [0.25, 0.3) is 0 Å². The van der Waals surface area contributed by atoms with Crippen molar-refractivity contribution in [3.8, 4) is 0 Å². The first kappa shape index (κ1) is 11.0. The highest BCUT2D eigenvalue weighted by molar-refractivity contribution is 4.96. The number of aliphatic hydroxyl groups is 2. The lowest BCUT2D eigenvalue weighted by molar-refractivity contribution is -0.436. The van der Waals surface area contributed by atoms with E-state index in [4.69, 9.17) is 9.47 Å². The van der Waals surface area contributed by atoms with Gasteiger partial charge in [-0.05, 0) is 25.7 Å². The van der Waals surface area contributed by atoms with Crippen LogP contribution in [0.1, 0.15) is 51.4 Å². The predicted octanol–water partition coefficient (Wildman–Crippen LogP) is 1.30. The Labute approximate surface area is 95.6 Å². The molecule has 1 aliphatic heterocycles. The highest BCUT2D eigenvalue weighted by atomic mass is 16.7. The molecule has 3 fully saturated rings. The fourth-order valence-corrected chi connectivity index (χ4v) is 3.25. The van der Waals surface area contributed by atoms with Crippen LogP contribution in [0.3, 0.4) is 0 Å². The minimum absolute atomic E-state index is 0.347. The Kier molecular flexibility index (Phi) is 2.51. The Morgan fingerprint density at radius 3 is 1.62 bits per heavy atom. The number of ether oxygens (including phenoxy) is 2. The molecule has 0 aromatic rings. The molecule has 2 saturated carbocycles. The molecule has 0 unspecified atom stereocenters. The lowest BCUT2D eigenvalue weighted by atomic mass is 9.84. The molecule has 16 heavy (non-hydrogen) atoms. The van der Waals surface area contributed by atoms with E-state index < -0.39 is 11.6 Å². The van der Waals surface area contributed by atoms with Gasteiger partial charge in [0.05, 0.1) is 0 Å². The van der Waals surface area contributed by atoms with Crippen LogP contribution < -0.4 is 0 Å². The van der Waals surface area contributed by atoms with Gasteiger partial charge < -0.3 is 19.7 Å². The Balaban J connectivity index is 1.83. The molecule has 2 N–H and O–H groups in total. The molecule has 4 nitrogen and oxygen atoms in total. The van der Waals surface area contributed by atoms with E-state index in [1.165, 1.54) is 0 Å². The lowest BCUT2D eigenvalue weighted by Crippen LogP contribution is -2.65. The van der Waals surface area contributed by atoms with E-state index in [1.54, 1.807) is 0 Å². The first-order chi connectivity index (χ1) is 7.62. The summed E-state index contributed by atoms with van der Waals surface area (Å²) in [6.45, 7) is 0. The zero-order valence-corrected chi connectivity index (χ0v) is 9.52. The Hall–Kier alpha value is -0.160. The topological polar surface area (TPSA) is 58.9 Å². The van der Waals surface area contributed by atoms with E-state index in [-0.39, 0.29) is 12.2 Å². The van der Waals surface area contributed by atoms with E-state index in [0.29, 0.717) is 12.8 Å². The largest absolute Gasteiger partial charge is 0.363 e. The molecule has 0 radical (unpaired) electrons. The first-order valence-corrected chi connectivity index (χ1v) is 6.43. The second-order valence-electron chi connectivity index (χ2n) is 5.39. The van der Waals surface area contributed by atoms with Crippen LogP contribution in [-0.2, 0) is 9.47 Å². The second-order valence-corrected chi connectivity index (χ2v) is 5.39. The number of rotatable bonds is 0. The van der Waals surface area contributed by atoms with Gasteiger partial charge in [-0.1, -0.05) is 12.8 Å². The Morgan fingerprint density at radius 2 is 1.19 bits per heavy atom. The normalized spacial score (nSPS) is 52.9. The van der Waals surface area contributed by atoms with Gasteiger partial charge in [0.2, 0.25) is 0 Å². The zero-order valence-electron chi connectivity index (χ0n) is 9.52. The number of hydrogen-bond donors (Lipinski definition) is 2. The molecular weight excluding hydrogens is 208 g/mol. The van der Waals surface area contributed by atoms with E-state index in [9.17, 15) is 10.2 Å². The maximum absolute atomic E-state index is 10.4. The first-order valence-electron chi connectivity index (χ1n) is 6.43. The van der Waals surface area contributed by atoms with Crippen molar-refractivity contribution in [2.24, 2.45) is 0 Å². The van der Waals surface area contributed by atoms with Crippen molar-refractivity contribution in [3.05, 3.63) is 0 Å². The van der Waals surface area contributed by atoms with Gasteiger partial charge in [0.25, 0.3) is 0 Å². The van der Waals surface area contributed by atoms with Crippen molar-refractivity contribution in [3.63, 3.8) is 0 Å². The van der Waals surface area contributed by atoms with Crippen LogP contribution in [0, 0.1) is 0 Å². The highest BCUT2D eigenvalue weighted by Gasteiger charge is 2.56. The van der Waals surface area contributed by atoms with Gasteiger partial charge in [-0.3, -0.25) is 0 Å². The van der Waals surface area contributed by atoms with Crippen molar-refractivity contribution in [2.75, 3.05) is 0 Å². The predicted molar refractivity (Wildman–Crippen MR) is 56.6 cm³/mol. The van der Waals surface area contributed by atoms with E-state index >= 15 is 0 Å². The fourth-order valence-electron chi connectivity index (χ4n) is 3.25. The Bertz CT molecular complexity index is 254. The fraction of sp³-hybridized carbons (Fsp3) is 1.00. The summed E-state index contributed by atoms with van der Waals surface area (Å²) in [7, 11) is 0. The van der Waals surface area contributed by atoms with Crippen molar-refractivity contribution in [1.29, 1.82) is 0 Å². The molecule has 3 rings (SSSR count).